The summed E-state index contributed by atoms with van der Waals surface area (Å²) in [5.74, 6) is 0.908. The van der Waals surface area contributed by atoms with Crippen molar-refractivity contribution in [1.29, 1.82) is 0 Å². The predicted molar refractivity (Wildman–Crippen MR) is 131 cm³/mol. The van der Waals surface area contributed by atoms with E-state index in [2.05, 4.69) is 27.3 Å². The van der Waals surface area contributed by atoms with Crippen molar-refractivity contribution < 1.29 is 9.23 Å². The molecule has 1 saturated heterocycles. The van der Waals surface area contributed by atoms with Gasteiger partial charge in [0, 0.05) is 43.0 Å². The fourth-order valence-electron chi connectivity index (χ4n) is 4.23. The first-order valence-electron chi connectivity index (χ1n) is 10.8. The van der Waals surface area contributed by atoms with Crippen LogP contribution in [0.25, 0.3) is 23.0 Å². The van der Waals surface area contributed by atoms with Gasteiger partial charge < -0.3 is 16.0 Å². The van der Waals surface area contributed by atoms with E-state index in [1.54, 1.807) is 23.3 Å². The first-order chi connectivity index (χ1) is 16.0. The number of nitrogens with one attached hydrogen (secondary N) is 1. The molecule has 0 atom stereocenters. The maximum Gasteiger partial charge on any atom is 0.166 e. The average molecular weight is 467 g/mol. The molecular weight excluding hydrogens is 443 g/mol. The highest BCUT2D eigenvalue weighted by Gasteiger charge is 2.26. The van der Waals surface area contributed by atoms with Gasteiger partial charge in [-0.25, -0.2) is 19.4 Å². The van der Waals surface area contributed by atoms with Gasteiger partial charge >= 0.3 is 0 Å². The van der Waals surface area contributed by atoms with Gasteiger partial charge in [0.2, 0.25) is 0 Å². The van der Waals surface area contributed by atoms with Crippen LogP contribution in [0.2, 0.25) is 5.02 Å². The Kier molecular flexibility index (Phi) is 5.88. The number of fused-ring (bicyclic) bond motifs is 1. The van der Waals surface area contributed by atoms with Crippen LogP contribution in [0, 0.1) is 5.82 Å². The summed E-state index contributed by atoms with van der Waals surface area (Å²) in [6.45, 7) is 4.18. The number of nitrogens with two attached hydrogens (primary N) is 1. The summed E-state index contributed by atoms with van der Waals surface area (Å²) in [6, 6.07) is 12.8. The number of rotatable bonds is 4. The second-order valence-corrected chi connectivity index (χ2v) is 8.35. The molecule has 0 amide bonds. The summed E-state index contributed by atoms with van der Waals surface area (Å²) in [6.07, 6.45) is 1.78. The lowest BCUT2D eigenvalue weighted by atomic mass is 9.99. The Labute approximate surface area is 196 Å². The van der Waals surface area contributed by atoms with E-state index in [-0.39, 0.29) is 12.4 Å². The summed E-state index contributed by atoms with van der Waals surface area (Å²) in [5.41, 5.74) is 9.88. The number of hydrogen-bond donors (Lipinski definition) is 2. The Hall–Kier alpha value is -3.20. The molecule has 0 saturated carbocycles. The minimum atomic E-state index is -0.408. The van der Waals surface area contributed by atoms with E-state index in [0.717, 1.165) is 31.7 Å². The van der Waals surface area contributed by atoms with Crippen molar-refractivity contribution in [1.82, 2.24) is 15.3 Å². The third-order valence-electron chi connectivity index (χ3n) is 5.94. The molecule has 0 aliphatic carbocycles. The zero-order valence-corrected chi connectivity index (χ0v) is 18.9. The van der Waals surface area contributed by atoms with Crippen molar-refractivity contribution in [2.24, 2.45) is 0 Å². The molecule has 0 radical (unpaired) electrons. The quantitative estimate of drug-likeness (QED) is 0.604. The smallest absolute Gasteiger partial charge is 0.166 e. The van der Waals surface area contributed by atoms with Gasteiger partial charge in [-0.3, -0.25) is 4.84 Å². The first-order valence-corrected chi connectivity index (χ1v) is 11.1. The lowest BCUT2D eigenvalue weighted by Crippen LogP contribution is -2.43. The lowest BCUT2D eigenvalue weighted by Gasteiger charge is -2.30. The highest BCUT2D eigenvalue weighted by molar-refractivity contribution is 6.32. The van der Waals surface area contributed by atoms with E-state index in [4.69, 9.17) is 27.2 Å². The number of anilines is 3. The van der Waals surface area contributed by atoms with E-state index in [1.807, 2.05) is 12.1 Å². The Balaban J connectivity index is 1.52. The molecule has 5 rings (SSSR count). The normalized spacial score (nSPS) is 15.9. The molecule has 170 valence electrons. The molecule has 0 unspecified atom stereocenters. The highest BCUT2D eigenvalue weighted by atomic mass is 35.5. The molecule has 2 aromatic carbocycles. The van der Waals surface area contributed by atoms with Crippen LogP contribution >= 0.6 is 11.6 Å². The van der Waals surface area contributed by atoms with E-state index < -0.39 is 5.82 Å². The van der Waals surface area contributed by atoms with Crippen LogP contribution in [-0.2, 0) is 4.84 Å². The number of nitrogen functional groups attached to an aromatic ring is 1. The third-order valence-corrected chi connectivity index (χ3v) is 6.25. The van der Waals surface area contributed by atoms with Gasteiger partial charge in [0.15, 0.2) is 11.6 Å². The van der Waals surface area contributed by atoms with Crippen molar-refractivity contribution in [2.75, 3.05) is 55.5 Å². The largest absolute Gasteiger partial charge is 0.383 e. The fraction of sp³-hybridized carbons (Fsp3) is 0.250. The first kappa shape index (κ1) is 21.6. The van der Waals surface area contributed by atoms with Gasteiger partial charge in [0.1, 0.15) is 11.6 Å². The highest BCUT2D eigenvalue weighted by Crippen LogP contribution is 2.38. The molecule has 2 aliphatic heterocycles. The van der Waals surface area contributed by atoms with Crippen molar-refractivity contribution >= 4 is 40.6 Å². The predicted octanol–water partition coefficient (Wildman–Crippen LogP) is 3.85. The lowest BCUT2D eigenvalue weighted by molar-refractivity contribution is 0.173. The Morgan fingerprint density at radius 1 is 1.09 bits per heavy atom. The number of hydrogen-bond acceptors (Lipinski definition) is 7. The maximum absolute atomic E-state index is 14.5. The molecule has 33 heavy (non-hydrogen) atoms. The SMILES string of the molecule is CON1CC(c2c(F)cccc2Cl)=Cc2c(N)nc(-c3ccc(N4CCNCC4)cc3)nc21. The zero-order valence-electron chi connectivity index (χ0n) is 18.2. The van der Waals surface area contributed by atoms with Crippen LogP contribution in [0.15, 0.2) is 42.5 Å². The number of nitrogens with zero attached hydrogens (tertiary/aromatic N) is 4. The van der Waals surface area contributed by atoms with Gasteiger partial charge in [-0.2, -0.15) is 0 Å². The summed E-state index contributed by atoms with van der Waals surface area (Å²) in [5, 5.41) is 5.26. The number of hydroxylamine groups is 1. The molecule has 7 nitrogen and oxygen atoms in total. The van der Waals surface area contributed by atoms with E-state index in [0.29, 0.717) is 33.4 Å². The van der Waals surface area contributed by atoms with Crippen LogP contribution in [-0.4, -0.2) is 49.8 Å². The van der Waals surface area contributed by atoms with Crippen molar-refractivity contribution in [3.63, 3.8) is 0 Å². The van der Waals surface area contributed by atoms with Crippen LogP contribution in [0.5, 0.6) is 0 Å². The van der Waals surface area contributed by atoms with Crippen LogP contribution < -0.4 is 21.0 Å². The minimum Gasteiger partial charge on any atom is -0.383 e. The number of halogens is 2. The van der Waals surface area contributed by atoms with Gasteiger partial charge in [0.25, 0.3) is 0 Å². The summed E-state index contributed by atoms with van der Waals surface area (Å²) in [7, 11) is 1.54. The van der Waals surface area contributed by atoms with Gasteiger partial charge in [-0.05, 0) is 48.0 Å². The van der Waals surface area contributed by atoms with Crippen LogP contribution in [0.1, 0.15) is 11.1 Å². The second kappa shape index (κ2) is 8.97. The van der Waals surface area contributed by atoms with E-state index >= 15 is 0 Å². The van der Waals surface area contributed by atoms with Crippen LogP contribution in [0.4, 0.5) is 21.7 Å². The molecule has 0 spiro atoms. The number of piperazine rings is 1. The molecule has 3 heterocycles. The Morgan fingerprint density at radius 2 is 1.85 bits per heavy atom. The summed E-state index contributed by atoms with van der Waals surface area (Å²) in [4.78, 5) is 17.2. The van der Waals surface area contributed by atoms with Crippen molar-refractivity contribution in [3.05, 3.63) is 64.4 Å². The third kappa shape index (κ3) is 4.13. The molecule has 9 heteroatoms. The van der Waals surface area contributed by atoms with Crippen LogP contribution in [0.3, 0.4) is 0 Å². The molecule has 1 fully saturated rings. The van der Waals surface area contributed by atoms with Gasteiger partial charge in [0.05, 0.1) is 24.2 Å². The average Bonchev–Trinajstić information content (AvgIpc) is 2.84. The van der Waals surface area contributed by atoms with Gasteiger partial charge in [-0.1, -0.05) is 17.7 Å². The van der Waals surface area contributed by atoms with E-state index in [9.17, 15) is 4.39 Å². The van der Waals surface area contributed by atoms with Crippen molar-refractivity contribution in [3.8, 4) is 11.4 Å². The fourth-order valence-corrected chi connectivity index (χ4v) is 4.52. The summed E-state index contributed by atoms with van der Waals surface area (Å²) >= 11 is 6.29. The standard InChI is InChI=1S/C24H24ClFN6O/c1-33-32-14-16(21-19(25)3-2-4-20(21)26)13-18-22(27)29-23(30-24(18)32)15-5-7-17(8-6-15)31-11-9-28-10-12-31/h2-8,13,28H,9-12,14H2,1H3,(H2,27,29,30). The Morgan fingerprint density at radius 3 is 2.55 bits per heavy atom. The topological polar surface area (TPSA) is 79.5 Å². The molecule has 1 aromatic heterocycles. The van der Waals surface area contributed by atoms with Crippen molar-refractivity contribution in [2.45, 2.75) is 0 Å². The molecule has 2 aliphatic rings. The summed E-state index contributed by atoms with van der Waals surface area (Å²) < 4.78 is 14.5. The molecular formula is C24H24ClFN6O. The Bertz CT molecular complexity index is 1190. The maximum atomic E-state index is 14.5. The molecule has 0 bridgehead atoms. The number of benzene rings is 2. The molecule has 3 N–H and O–H groups in total. The van der Waals surface area contributed by atoms with E-state index in [1.165, 1.54) is 18.9 Å². The zero-order chi connectivity index (χ0) is 22.9. The number of aromatic nitrogens is 2. The monoisotopic (exact) mass is 466 g/mol. The second-order valence-electron chi connectivity index (χ2n) is 7.94. The molecule has 3 aromatic rings. The van der Waals surface area contributed by atoms with Gasteiger partial charge in [-0.15, -0.1) is 0 Å². The minimum absolute atomic E-state index is 0.266.